The van der Waals surface area contributed by atoms with E-state index in [9.17, 15) is 9.59 Å². The Morgan fingerprint density at radius 3 is 2.14 bits per heavy atom. The van der Waals surface area contributed by atoms with Crippen LogP contribution in [0.15, 0.2) is 24.3 Å². The van der Waals surface area contributed by atoms with Gasteiger partial charge in [-0.05, 0) is 18.9 Å². The maximum atomic E-state index is 11.7. The zero-order chi connectivity index (χ0) is 16.2. The standard InChI is InChI=1S/C18H28N2O2/c1-3-4-5-6-7-8-13-19-17(21)18(22)20-14-16-11-9-15(2)10-12-16/h9-12H,3-8,13-14H2,1-2H3,(H,19,21)(H,20,22). The van der Waals surface area contributed by atoms with Crippen LogP contribution in [0, 0.1) is 6.92 Å². The van der Waals surface area contributed by atoms with Crippen LogP contribution in [0.25, 0.3) is 0 Å². The van der Waals surface area contributed by atoms with Crippen LogP contribution in [0.4, 0.5) is 0 Å². The number of hydrogen-bond acceptors (Lipinski definition) is 2. The van der Waals surface area contributed by atoms with Gasteiger partial charge < -0.3 is 10.6 Å². The third kappa shape index (κ3) is 7.81. The Kier molecular flexibility index (Phi) is 8.96. The van der Waals surface area contributed by atoms with Crippen molar-refractivity contribution < 1.29 is 9.59 Å². The molecule has 122 valence electrons. The molecule has 0 fully saturated rings. The summed E-state index contributed by atoms with van der Waals surface area (Å²) in [5, 5.41) is 5.30. The van der Waals surface area contributed by atoms with Gasteiger partial charge >= 0.3 is 11.8 Å². The zero-order valence-corrected chi connectivity index (χ0v) is 13.8. The highest BCUT2D eigenvalue weighted by Gasteiger charge is 2.11. The minimum Gasteiger partial charge on any atom is -0.348 e. The van der Waals surface area contributed by atoms with Crippen molar-refractivity contribution >= 4 is 11.8 Å². The molecule has 1 aromatic carbocycles. The lowest BCUT2D eigenvalue weighted by atomic mass is 10.1. The van der Waals surface area contributed by atoms with Crippen LogP contribution in [-0.2, 0) is 16.1 Å². The number of amides is 2. The van der Waals surface area contributed by atoms with E-state index < -0.39 is 11.8 Å². The molecule has 0 bridgehead atoms. The number of aryl methyl sites for hydroxylation is 1. The maximum absolute atomic E-state index is 11.7. The minimum atomic E-state index is -0.563. The van der Waals surface area contributed by atoms with E-state index in [-0.39, 0.29) is 0 Å². The van der Waals surface area contributed by atoms with Crippen molar-refractivity contribution in [1.82, 2.24) is 10.6 Å². The van der Waals surface area contributed by atoms with Crippen LogP contribution in [0.2, 0.25) is 0 Å². The van der Waals surface area contributed by atoms with Gasteiger partial charge in [-0.3, -0.25) is 9.59 Å². The molecule has 0 unspecified atom stereocenters. The van der Waals surface area contributed by atoms with Gasteiger partial charge in [0, 0.05) is 13.1 Å². The molecule has 2 N–H and O–H groups in total. The molecule has 0 spiro atoms. The highest BCUT2D eigenvalue weighted by atomic mass is 16.2. The van der Waals surface area contributed by atoms with Crippen LogP contribution >= 0.6 is 0 Å². The summed E-state index contributed by atoms with van der Waals surface area (Å²) in [6, 6.07) is 7.87. The molecule has 0 saturated carbocycles. The predicted molar refractivity (Wildman–Crippen MR) is 89.4 cm³/mol. The Labute approximate surface area is 133 Å². The Morgan fingerprint density at radius 1 is 0.864 bits per heavy atom. The second-order valence-electron chi connectivity index (χ2n) is 5.69. The van der Waals surface area contributed by atoms with Crippen molar-refractivity contribution in [3.63, 3.8) is 0 Å². The maximum Gasteiger partial charge on any atom is 0.309 e. The number of unbranched alkanes of at least 4 members (excludes halogenated alkanes) is 5. The Bertz CT molecular complexity index is 455. The van der Waals surface area contributed by atoms with E-state index in [1.165, 1.54) is 31.2 Å². The summed E-state index contributed by atoms with van der Waals surface area (Å²) in [5.41, 5.74) is 2.16. The number of benzene rings is 1. The molecule has 0 radical (unpaired) electrons. The third-order valence-corrected chi connectivity index (χ3v) is 3.60. The Morgan fingerprint density at radius 2 is 1.45 bits per heavy atom. The van der Waals surface area contributed by atoms with Gasteiger partial charge in [0.25, 0.3) is 0 Å². The van der Waals surface area contributed by atoms with E-state index in [1.54, 1.807) is 0 Å². The molecule has 2 amide bonds. The lowest BCUT2D eigenvalue weighted by Gasteiger charge is -2.07. The molecule has 4 nitrogen and oxygen atoms in total. The number of carbonyl (C=O) groups is 2. The molecule has 0 atom stereocenters. The Hall–Kier alpha value is -1.84. The monoisotopic (exact) mass is 304 g/mol. The van der Waals surface area contributed by atoms with Crippen LogP contribution in [0.5, 0.6) is 0 Å². The molecule has 0 saturated heterocycles. The average Bonchev–Trinajstić information content (AvgIpc) is 2.53. The van der Waals surface area contributed by atoms with Gasteiger partial charge in [-0.1, -0.05) is 68.9 Å². The van der Waals surface area contributed by atoms with Crippen LogP contribution in [0.3, 0.4) is 0 Å². The molecule has 0 heterocycles. The second kappa shape index (κ2) is 10.8. The normalized spacial score (nSPS) is 10.3. The summed E-state index contributed by atoms with van der Waals surface area (Å²) in [5.74, 6) is -1.10. The van der Waals surface area contributed by atoms with Crippen LogP contribution in [-0.4, -0.2) is 18.4 Å². The van der Waals surface area contributed by atoms with Crippen LogP contribution in [0.1, 0.15) is 56.6 Å². The quantitative estimate of drug-likeness (QED) is 0.544. The first kappa shape index (κ1) is 18.2. The first-order chi connectivity index (χ1) is 10.6. The van der Waals surface area contributed by atoms with E-state index >= 15 is 0 Å². The molecule has 22 heavy (non-hydrogen) atoms. The third-order valence-electron chi connectivity index (χ3n) is 3.60. The van der Waals surface area contributed by atoms with Crippen molar-refractivity contribution in [2.75, 3.05) is 6.54 Å². The van der Waals surface area contributed by atoms with Crippen molar-refractivity contribution in [1.29, 1.82) is 0 Å². The van der Waals surface area contributed by atoms with Crippen molar-refractivity contribution in [2.45, 2.75) is 58.9 Å². The van der Waals surface area contributed by atoms with E-state index in [0.29, 0.717) is 13.1 Å². The number of nitrogens with one attached hydrogen (secondary N) is 2. The molecule has 1 aromatic rings. The summed E-state index contributed by atoms with van der Waals surface area (Å²) in [6.07, 6.45) is 6.99. The summed E-state index contributed by atoms with van der Waals surface area (Å²) >= 11 is 0. The number of carbonyl (C=O) groups excluding carboxylic acids is 2. The smallest absolute Gasteiger partial charge is 0.309 e. The molecule has 0 aliphatic heterocycles. The fraction of sp³-hybridized carbons (Fsp3) is 0.556. The zero-order valence-electron chi connectivity index (χ0n) is 13.8. The fourth-order valence-electron chi connectivity index (χ4n) is 2.16. The SMILES string of the molecule is CCCCCCCCNC(=O)C(=O)NCc1ccc(C)cc1. The van der Waals surface area contributed by atoms with Gasteiger partial charge in [-0.15, -0.1) is 0 Å². The first-order valence-corrected chi connectivity index (χ1v) is 8.25. The Balaban J connectivity index is 2.11. The molecular formula is C18H28N2O2. The molecule has 1 rings (SSSR count). The largest absolute Gasteiger partial charge is 0.348 e. The van der Waals surface area contributed by atoms with Crippen LogP contribution < -0.4 is 10.6 Å². The van der Waals surface area contributed by atoms with Crippen molar-refractivity contribution in [3.8, 4) is 0 Å². The van der Waals surface area contributed by atoms with Gasteiger partial charge in [-0.25, -0.2) is 0 Å². The summed E-state index contributed by atoms with van der Waals surface area (Å²) in [7, 11) is 0. The van der Waals surface area contributed by atoms with Gasteiger partial charge in [0.1, 0.15) is 0 Å². The summed E-state index contributed by atoms with van der Waals surface area (Å²) < 4.78 is 0. The summed E-state index contributed by atoms with van der Waals surface area (Å²) in [4.78, 5) is 23.3. The van der Waals surface area contributed by atoms with E-state index in [1.807, 2.05) is 31.2 Å². The fourth-order valence-corrected chi connectivity index (χ4v) is 2.16. The van der Waals surface area contributed by atoms with Gasteiger partial charge in [0.15, 0.2) is 0 Å². The minimum absolute atomic E-state index is 0.379. The van der Waals surface area contributed by atoms with Crippen molar-refractivity contribution in [3.05, 3.63) is 35.4 Å². The predicted octanol–water partition coefficient (Wildman–Crippen LogP) is 3.09. The van der Waals surface area contributed by atoms with Gasteiger partial charge in [0.05, 0.1) is 0 Å². The van der Waals surface area contributed by atoms with Gasteiger partial charge in [-0.2, -0.15) is 0 Å². The van der Waals surface area contributed by atoms with E-state index in [4.69, 9.17) is 0 Å². The first-order valence-electron chi connectivity index (χ1n) is 8.25. The molecular weight excluding hydrogens is 276 g/mol. The second-order valence-corrected chi connectivity index (χ2v) is 5.69. The lowest BCUT2D eigenvalue weighted by molar-refractivity contribution is -0.139. The molecule has 0 aliphatic rings. The molecule has 0 aliphatic carbocycles. The number of hydrogen-bond donors (Lipinski definition) is 2. The van der Waals surface area contributed by atoms with Crippen molar-refractivity contribution in [2.24, 2.45) is 0 Å². The molecule has 0 aromatic heterocycles. The highest BCUT2D eigenvalue weighted by Crippen LogP contribution is 2.04. The highest BCUT2D eigenvalue weighted by molar-refractivity contribution is 6.35. The van der Waals surface area contributed by atoms with Gasteiger partial charge in [0.2, 0.25) is 0 Å². The average molecular weight is 304 g/mol. The topological polar surface area (TPSA) is 58.2 Å². The van der Waals surface area contributed by atoms with E-state index in [2.05, 4.69) is 17.6 Å². The summed E-state index contributed by atoms with van der Waals surface area (Å²) in [6.45, 7) is 5.15. The molecule has 4 heteroatoms. The van der Waals surface area contributed by atoms with E-state index in [0.717, 1.165) is 18.4 Å². The number of rotatable bonds is 9. The lowest BCUT2D eigenvalue weighted by Crippen LogP contribution is -2.39.